The summed E-state index contributed by atoms with van der Waals surface area (Å²) in [6.07, 6.45) is 4.40. The molecule has 0 saturated heterocycles. The molecule has 2 aromatic carbocycles. The fraction of sp³-hybridized carbons (Fsp3) is 0.360. The SMILES string of the molecule is CCCCc1nc2c(n1Cc1ccc(-c3ccccc3-c3nn[nH]n3)cc1)C(C)NCC2. The van der Waals surface area contributed by atoms with Gasteiger partial charge in [0, 0.05) is 37.5 Å². The number of H-pyrrole nitrogens is 1. The molecule has 7 heteroatoms. The Labute approximate surface area is 188 Å². The molecule has 0 bridgehead atoms. The summed E-state index contributed by atoms with van der Waals surface area (Å²) >= 11 is 0. The Bertz CT molecular complexity index is 1180. The van der Waals surface area contributed by atoms with Crippen molar-refractivity contribution in [2.75, 3.05) is 6.54 Å². The van der Waals surface area contributed by atoms with Gasteiger partial charge < -0.3 is 9.88 Å². The average Bonchev–Trinajstić information content (AvgIpc) is 3.47. The van der Waals surface area contributed by atoms with Crippen LogP contribution in [0.1, 0.15) is 55.5 Å². The van der Waals surface area contributed by atoms with Gasteiger partial charge in [0.05, 0.1) is 11.4 Å². The zero-order valence-electron chi connectivity index (χ0n) is 18.7. The van der Waals surface area contributed by atoms with Crippen molar-refractivity contribution in [3.05, 3.63) is 71.3 Å². The van der Waals surface area contributed by atoms with E-state index in [1.54, 1.807) is 0 Å². The molecule has 3 heterocycles. The molecule has 0 amide bonds. The minimum atomic E-state index is 0.336. The molecular weight excluding hydrogens is 398 g/mol. The van der Waals surface area contributed by atoms with Gasteiger partial charge in [0.25, 0.3) is 0 Å². The summed E-state index contributed by atoms with van der Waals surface area (Å²) in [6, 6.07) is 17.3. The summed E-state index contributed by atoms with van der Waals surface area (Å²) in [5.74, 6) is 1.83. The molecule has 1 aliphatic rings. The first kappa shape index (κ1) is 20.6. The number of hydrogen-bond acceptors (Lipinski definition) is 5. The van der Waals surface area contributed by atoms with E-state index in [1.165, 1.54) is 35.6 Å². The van der Waals surface area contributed by atoms with Crippen LogP contribution in [0.2, 0.25) is 0 Å². The smallest absolute Gasteiger partial charge is 0.205 e. The number of unbranched alkanes of at least 4 members (excludes halogenated alkanes) is 1. The first-order valence-corrected chi connectivity index (χ1v) is 11.5. The Balaban J connectivity index is 1.45. The number of rotatable bonds is 7. The van der Waals surface area contributed by atoms with Crippen LogP contribution in [0.5, 0.6) is 0 Å². The lowest BCUT2D eigenvalue weighted by Crippen LogP contribution is -2.29. The summed E-state index contributed by atoms with van der Waals surface area (Å²) < 4.78 is 2.45. The fourth-order valence-electron chi connectivity index (χ4n) is 4.62. The van der Waals surface area contributed by atoms with E-state index in [9.17, 15) is 0 Å². The van der Waals surface area contributed by atoms with Crippen LogP contribution in [0.4, 0.5) is 0 Å². The third kappa shape index (κ3) is 3.96. The van der Waals surface area contributed by atoms with Gasteiger partial charge in [-0.3, -0.25) is 0 Å². The van der Waals surface area contributed by atoms with Crippen LogP contribution in [0, 0.1) is 0 Å². The second-order valence-electron chi connectivity index (χ2n) is 8.45. The molecule has 1 aliphatic heterocycles. The molecular formula is C25H29N7. The second-order valence-corrected chi connectivity index (χ2v) is 8.45. The van der Waals surface area contributed by atoms with Crippen LogP contribution >= 0.6 is 0 Å². The third-order valence-corrected chi connectivity index (χ3v) is 6.26. The number of aryl methyl sites for hydroxylation is 1. The molecule has 0 fully saturated rings. The molecule has 5 rings (SSSR count). The highest BCUT2D eigenvalue weighted by Crippen LogP contribution is 2.30. The van der Waals surface area contributed by atoms with Crippen molar-refractivity contribution in [1.82, 2.24) is 35.5 Å². The van der Waals surface area contributed by atoms with Gasteiger partial charge >= 0.3 is 0 Å². The molecule has 0 aliphatic carbocycles. The van der Waals surface area contributed by atoms with Gasteiger partial charge in [-0.2, -0.15) is 5.21 Å². The van der Waals surface area contributed by atoms with E-state index in [1.807, 2.05) is 18.2 Å². The Morgan fingerprint density at radius 3 is 2.62 bits per heavy atom. The number of nitrogens with one attached hydrogen (secondary N) is 2. The molecule has 4 aromatic rings. The van der Waals surface area contributed by atoms with E-state index in [0.29, 0.717) is 11.9 Å². The number of tetrazole rings is 1. The van der Waals surface area contributed by atoms with Crippen molar-refractivity contribution in [2.24, 2.45) is 0 Å². The molecule has 1 unspecified atom stereocenters. The lowest BCUT2D eigenvalue weighted by Gasteiger charge is -2.23. The van der Waals surface area contributed by atoms with Gasteiger partial charge in [-0.15, -0.1) is 10.2 Å². The van der Waals surface area contributed by atoms with Gasteiger partial charge in [-0.05, 0) is 35.2 Å². The van der Waals surface area contributed by atoms with Crippen molar-refractivity contribution in [2.45, 2.75) is 52.1 Å². The Hall–Kier alpha value is -3.32. The van der Waals surface area contributed by atoms with Gasteiger partial charge in [0.1, 0.15) is 5.82 Å². The maximum absolute atomic E-state index is 5.04. The van der Waals surface area contributed by atoms with Crippen LogP contribution in [0.25, 0.3) is 22.5 Å². The summed E-state index contributed by atoms with van der Waals surface area (Å²) in [6.45, 7) is 6.34. The van der Waals surface area contributed by atoms with E-state index >= 15 is 0 Å². The molecule has 1 atom stereocenters. The lowest BCUT2D eigenvalue weighted by molar-refractivity contribution is 0.500. The highest BCUT2D eigenvalue weighted by atomic mass is 15.5. The van der Waals surface area contributed by atoms with Crippen LogP contribution in [-0.2, 0) is 19.4 Å². The van der Waals surface area contributed by atoms with E-state index < -0.39 is 0 Å². The van der Waals surface area contributed by atoms with Crippen LogP contribution in [0.15, 0.2) is 48.5 Å². The Morgan fingerprint density at radius 1 is 1.06 bits per heavy atom. The maximum atomic E-state index is 5.04. The molecule has 32 heavy (non-hydrogen) atoms. The Morgan fingerprint density at radius 2 is 1.88 bits per heavy atom. The highest BCUT2D eigenvalue weighted by Gasteiger charge is 2.24. The van der Waals surface area contributed by atoms with Crippen molar-refractivity contribution >= 4 is 0 Å². The predicted molar refractivity (Wildman–Crippen MR) is 125 cm³/mol. The summed E-state index contributed by atoms with van der Waals surface area (Å²) in [7, 11) is 0. The second kappa shape index (κ2) is 9.04. The van der Waals surface area contributed by atoms with Gasteiger partial charge in [0.15, 0.2) is 0 Å². The normalized spacial score (nSPS) is 15.6. The topological polar surface area (TPSA) is 84.3 Å². The number of hydrogen-bond donors (Lipinski definition) is 2. The molecule has 0 radical (unpaired) electrons. The number of aromatic amines is 1. The van der Waals surface area contributed by atoms with Crippen LogP contribution in [-0.4, -0.2) is 36.7 Å². The van der Waals surface area contributed by atoms with Crippen molar-refractivity contribution < 1.29 is 0 Å². The molecule has 7 nitrogen and oxygen atoms in total. The average molecular weight is 428 g/mol. The number of aromatic nitrogens is 6. The van der Waals surface area contributed by atoms with Gasteiger partial charge in [-0.1, -0.05) is 61.9 Å². The molecule has 164 valence electrons. The quantitative estimate of drug-likeness (QED) is 0.459. The van der Waals surface area contributed by atoms with Crippen LogP contribution < -0.4 is 5.32 Å². The van der Waals surface area contributed by atoms with Crippen molar-refractivity contribution in [3.8, 4) is 22.5 Å². The zero-order chi connectivity index (χ0) is 21.9. The van der Waals surface area contributed by atoms with Crippen LogP contribution in [0.3, 0.4) is 0 Å². The zero-order valence-corrected chi connectivity index (χ0v) is 18.7. The van der Waals surface area contributed by atoms with Gasteiger partial charge in [-0.25, -0.2) is 4.98 Å². The third-order valence-electron chi connectivity index (χ3n) is 6.26. The first-order valence-electron chi connectivity index (χ1n) is 11.5. The van der Waals surface area contributed by atoms with E-state index in [4.69, 9.17) is 4.98 Å². The largest absolute Gasteiger partial charge is 0.326 e. The number of nitrogens with zero attached hydrogens (tertiary/aromatic N) is 5. The number of fused-ring (bicyclic) bond motifs is 1. The summed E-state index contributed by atoms with van der Waals surface area (Å²) in [5, 5.41) is 18.2. The number of benzene rings is 2. The number of imidazole rings is 1. The standard InChI is InChI=1S/C25H29N7/c1-3-4-9-23-27-22-14-15-26-17(2)24(22)32(23)16-18-10-12-19(13-11-18)20-7-5-6-8-21(20)25-28-30-31-29-25/h5-8,10-13,17,26H,3-4,9,14-16H2,1-2H3,(H,28,29,30,31). The van der Waals surface area contributed by atoms with E-state index in [2.05, 4.69) is 74.7 Å². The molecule has 0 spiro atoms. The lowest BCUT2D eigenvalue weighted by atomic mass is 9.98. The first-order chi connectivity index (χ1) is 15.7. The minimum Gasteiger partial charge on any atom is -0.326 e. The monoisotopic (exact) mass is 427 g/mol. The summed E-state index contributed by atoms with van der Waals surface area (Å²) in [4.78, 5) is 5.04. The fourth-order valence-corrected chi connectivity index (χ4v) is 4.62. The van der Waals surface area contributed by atoms with E-state index in [0.717, 1.165) is 42.6 Å². The molecule has 2 N–H and O–H groups in total. The maximum Gasteiger partial charge on any atom is 0.205 e. The van der Waals surface area contributed by atoms with Gasteiger partial charge in [0.2, 0.25) is 5.82 Å². The van der Waals surface area contributed by atoms with E-state index in [-0.39, 0.29) is 0 Å². The molecule has 2 aromatic heterocycles. The van der Waals surface area contributed by atoms with Crippen molar-refractivity contribution in [1.29, 1.82) is 0 Å². The molecule has 0 saturated carbocycles. The van der Waals surface area contributed by atoms with Crippen molar-refractivity contribution in [3.63, 3.8) is 0 Å². The minimum absolute atomic E-state index is 0.336. The summed E-state index contributed by atoms with van der Waals surface area (Å²) in [5.41, 5.74) is 7.12. The Kier molecular flexibility index (Phi) is 5.81. The predicted octanol–water partition coefficient (Wildman–Crippen LogP) is 4.33. The highest BCUT2D eigenvalue weighted by molar-refractivity contribution is 5.80.